The minimum absolute atomic E-state index is 0.251. The summed E-state index contributed by atoms with van der Waals surface area (Å²) < 4.78 is 11.8. The molecule has 4 nitrogen and oxygen atoms in total. The topological polar surface area (TPSA) is 44.2 Å². The van der Waals surface area contributed by atoms with Crippen LogP contribution in [0.1, 0.15) is 5.56 Å². The number of fused-ring (bicyclic) bond motifs is 1. The average Bonchev–Trinajstić information content (AvgIpc) is 2.69. The van der Waals surface area contributed by atoms with E-state index in [-0.39, 0.29) is 6.01 Å². The SMILES string of the molecule is BrCc1ccc2nc(Oc3ccccc3)nc(Oc3ccccc3)c2c1. The van der Waals surface area contributed by atoms with Crippen LogP contribution in [0.4, 0.5) is 0 Å². The molecule has 0 aliphatic rings. The first kappa shape index (κ1) is 16.5. The smallest absolute Gasteiger partial charge is 0.325 e. The van der Waals surface area contributed by atoms with Gasteiger partial charge in [-0.25, -0.2) is 0 Å². The Bertz CT molecular complexity index is 1020. The van der Waals surface area contributed by atoms with E-state index < -0.39 is 0 Å². The van der Waals surface area contributed by atoms with E-state index in [1.54, 1.807) is 0 Å². The van der Waals surface area contributed by atoms with Crippen molar-refractivity contribution in [2.75, 3.05) is 0 Å². The van der Waals surface area contributed by atoms with Crippen LogP contribution in [0.5, 0.6) is 23.4 Å². The molecule has 0 atom stereocenters. The number of nitrogens with zero attached hydrogens (tertiary/aromatic N) is 2. The lowest BCUT2D eigenvalue weighted by Crippen LogP contribution is -1.97. The van der Waals surface area contributed by atoms with E-state index in [1.807, 2.05) is 78.9 Å². The molecule has 0 aliphatic carbocycles. The van der Waals surface area contributed by atoms with Gasteiger partial charge in [0, 0.05) is 5.33 Å². The highest BCUT2D eigenvalue weighted by Crippen LogP contribution is 2.31. The third-order valence-electron chi connectivity index (χ3n) is 3.77. The van der Waals surface area contributed by atoms with Crippen molar-refractivity contribution in [2.45, 2.75) is 5.33 Å². The molecule has 0 N–H and O–H groups in total. The van der Waals surface area contributed by atoms with Crippen molar-refractivity contribution in [2.24, 2.45) is 0 Å². The summed E-state index contributed by atoms with van der Waals surface area (Å²) in [6, 6.07) is 25.3. The molecular weight excluding hydrogens is 392 g/mol. The van der Waals surface area contributed by atoms with Crippen LogP contribution in [-0.4, -0.2) is 9.97 Å². The third-order valence-corrected chi connectivity index (χ3v) is 4.42. The van der Waals surface area contributed by atoms with E-state index in [0.717, 1.165) is 21.8 Å². The molecule has 0 aliphatic heterocycles. The van der Waals surface area contributed by atoms with Crippen LogP contribution in [0.25, 0.3) is 10.9 Å². The molecule has 0 spiro atoms. The fourth-order valence-electron chi connectivity index (χ4n) is 2.53. The van der Waals surface area contributed by atoms with Crippen LogP contribution in [0.3, 0.4) is 0 Å². The number of para-hydroxylation sites is 2. The monoisotopic (exact) mass is 406 g/mol. The number of rotatable bonds is 5. The Kier molecular flexibility index (Phi) is 4.80. The maximum absolute atomic E-state index is 6.02. The Hall–Kier alpha value is -2.92. The third kappa shape index (κ3) is 3.68. The van der Waals surface area contributed by atoms with Crippen molar-refractivity contribution in [3.63, 3.8) is 0 Å². The predicted molar refractivity (Wildman–Crippen MR) is 105 cm³/mol. The summed E-state index contributed by atoms with van der Waals surface area (Å²) in [7, 11) is 0. The first-order valence-electron chi connectivity index (χ1n) is 8.14. The zero-order chi connectivity index (χ0) is 17.8. The van der Waals surface area contributed by atoms with E-state index in [2.05, 4.69) is 25.9 Å². The van der Waals surface area contributed by atoms with E-state index in [9.17, 15) is 0 Å². The van der Waals surface area contributed by atoms with Crippen molar-refractivity contribution >= 4 is 26.8 Å². The zero-order valence-electron chi connectivity index (χ0n) is 13.8. The van der Waals surface area contributed by atoms with E-state index in [1.165, 1.54) is 0 Å². The standard InChI is InChI=1S/C21H15BrN2O2/c22-14-15-11-12-19-18(13-15)20(25-16-7-3-1-4-8-16)24-21(23-19)26-17-9-5-2-6-10-17/h1-13H,14H2. The Morgan fingerprint density at radius 2 is 1.38 bits per heavy atom. The molecular formula is C21H15BrN2O2. The Balaban J connectivity index is 1.79. The highest BCUT2D eigenvalue weighted by molar-refractivity contribution is 9.08. The highest BCUT2D eigenvalue weighted by atomic mass is 79.9. The maximum atomic E-state index is 6.02. The van der Waals surface area contributed by atoms with Gasteiger partial charge in [-0.3, -0.25) is 0 Å². The molecule has 1 heterocycles. The summed E-state index contributed by atoms with van der Waals surface area (Å²) in [6.45, 7) is 0. The van der Waals surface area contributed by atoms with Crippen LogP contribution in [0.15, 0.2) is 78.9 Å². The molecule has 3 aromatic carbocycles. The van der Waals surface area contributed by atoms with Gasteiger partial charge >= 0.3 is 6.01 Å². The Morgan fingerprint density at radius 1 is 0.731 bits per heavy atom. The van der Waals surface area contributed by atoms with Crippen molar-refractivity contribution in [3.05, 3.63) is 84.4 Å². The van der Waals surface area contributed by atoms with Gasteiger partial charge in [-0.15, -0.1) is 0 Å². The fraction of sp³-hybridized carbons (Fsp3) is 0.0476. The van der Waals surface area contributed by atoms with Gasteiger partial charge in [0.2, 0.25) is 5.88 Å². The number of aromatic nitrogens is 2. The van der Waals surface area contributed by atoms with Crippen molar-refractivity contribution in [1.82, 2.24) is 9.97 Å². The number of benzene rings is 3. The molecule has 0 amide bonds. The molecule has 128 valence electrons. The quantitative estimate of drug-likeness (QED) is 0.375. The molecule has 0 saturated carbocycles. The first-order valence-corrected chi connectivity index (χ1v) is 9.26. The summed E-state index contributed by atoms with van der Waals surface area (Å²) in [4.78, 5) is 9.02. The molecule has 4 rings (SSSR count). The van der Waals surface area contributed by atoms with Gasteiger partial charge in [-0.1, -0.05) is 58.4 Å². The Morgan fingerprint density at radius 3 is 2.04 bits per heavy atom. The first-order chi connectivity index (χ1) is 12.8. The van der Waals surface area contributed by atoms with Gasteiger partial charge in [-0.2, -0.15) is 9.97 Å². The lowest BCUT2D eigenvalue weighted by atomic mass is 10.1. The second kappa shape index (κ2) is 7.54. The average molecular weight is 407 g/mol. The number of hydrogen-bond acceptors (Lipinski definition) is 4. The second-order valence-corrected chi connectivity index (χ2v) is 6.19. The van der Waals surface area contributed by atoms with Gasteiger partial charge in [0.25, 0.3) is 0 Å². The number of halogens is 1. The van der Waals surface area contributed by atoms with Gasteiger partial charge < -0.3 is 9.47 Å². The van der Waals surface area contributed by atoms with Gasteiger partial charge in [-0.05, 0) is 42.0 Å². The van der Waals surface area contributed by atoms with Crippen molar-refractivity contribution in [3.8, 4) is 23.4 Å². The molecule has 0 radical (unpaired) electrons. The molecule has 0 saturated heterocycles. The fourth-order valence-corrected chi connectivity index (χ4v) is 2.88. The summed E-state index contributed by atoms with van der Waals surface area (Å²) in [5.41, 5.74) is 1.89. The van der Waals surface area contributed by atoms with Crippen LogP contribution < -0.4 is 9.47 Å². The van der Waals surface area contributed by atoms with Gasteiger partial charge in [0.1, 0.15) is 11.5 Å². The number of hydrogen-bond donors (Lipinski definition) is 0. The summed E-state index contributed by atoms with van der Waals surface area (Å²) in [5, 5.41) is 1.59. The highest BCUT2D eigenvalue weighted by Gasteiger charge is 2.12. The summed E-state index contributed by atoms with van der Waals surface area (Å²) in [6.07, 6.45) is 0. The van der Waals surface area contributed by atoms with Crippen molar-refractivity contribution in [1.29, 1.82) is 0 Å². The molecule has 0 bridgehead atoms. The molecule has 1 aromatic heterocycles. The second-order valence-electron chi connectivity index (χ2n) is 5.63. The molecule has 0 unspecified atom stereocenters. The summed E-state index contributed by atoms with van der Waals surface area (Å²) >= 11 is 3.49. The van der Waals surface area contributed by atoms with Crippen LogP contribution in [0.2, 0.25) is 0 Å². The predicted octanol–water partition coefficient (Wildman–Crippen LogP) is 6.11. The van der Waals surface area contributed by atoms with Gasteiger partial charge in [0.15, 0.2) is 0 Å². The lowest BCUT2D eigenvalue weighted by Gasteiger charge is -2.11. The Labute approximate surface area is 159 Å². The minimum atomic E-state index is 0.251. The number of ether oxygens (including phenoxy) is 2. The van der Waals surface area contributed by atoms with E-state index in [0.29, 0.717) is 17.4 Å². The van der Waals surface area contributed by atoms with Gasteiger partial charge in [0.05, 0.1) is 10.9 Å². The van der Waals surface area contributed by atoms with E-state index in [4.69, 9.17) is 9.47 Å². The largest absolute Gasteiger partial charge is 0.438 e. The van der Waals surface area contributed by atoms with Crippen molar-refractivity contribution < 1.29 is 9.47 Å². The summed E-state index contributed by atoms with van der Waals surface area (Å²) in [5.74, 6) is 1.85. The minimum Gasteiger partial charge on any atom is -0.438 e. The molecule has 5 heteroatoms. The maximum Gasteiger partial charge on any atom is 0.325 e. The van der Waals surface area contributed by atoms with Crippen LogP contribution >= 0.6 is 15.9 Å². The van der Waals surface area contributed by atoms with E-state index >= 15 is 0 Å². The number of alkyl halides is 1. The molecule has 26 heavy (non-hydrogen) atoms. The van der Waals surface area contributed by atoms with Crippen LogP contribution in [0, 0.1) is 0 Å². The normalized spacial score (nSPS) is 10.7. The lowest BCUT2D eigenvalue weighted by molar-refractivity contribution is 0.417. The molecule has 4 aromatic rings. The molecule has 0 fully saturated rings. The van der Waals surface area contributed by atoms with Crippen LogP contribution in [-0.2, 0) is 5.33 Å². The zero-order valence-corrected chi connectivity index (χ0v) is 15.4.